The van der Waals surface area contributed by atoms with Crippen LogP contribution in [-0.4, -0.2) is 24.0 Å². The summed E-state index contributed by atoms with van der Waals surface area (Å²) in [6, 6.07) is 16.1. The quantitative estimate of drug-likeness (QED) is 0.647. The van der Waals surface area contributed by atoms with Crippen molar-refractivity contribution in [1.29, 1.82) is 0 Å². The van der Waals surface area contributed by atoms with Crippen LogP contribution >= 0.6 is 0 Å². The van der Waals surface area contributed by atoms with Gasteiger partial charge in [0.25, 0.3) is 5.91 Å². The van der Waals surface area contributed by atoms with Gasteiger partial charge in [-0.3, -0.25) is 4.79 Å². The first-order valence-corrected chi connectivity index (χ1v) is 10.2. The predicted molar refractivity (Wildman–Crippen MR) is 116 cm³/mol. The number of fused-ring (bicyclic) bond motifs is 1. The van der Waals surface area contributed by atoms with Gasteiger partial charge in [0, 0.05) is 30.4 Å². The zero-order valence-corrected chi connectivity index (χ0v) is 16.6. The van der Waals surface area contributed by atoms with E-state index in [1.807, 2.05) is 30.3 Å². The number of anilines is 2. The van der Waals surface area contributed by atoms with E-state index >= 15 is 0 Å². The van der Waals surface area contributed by atoms with Gasteiger partial charge in [-0.25, -0.2) is 4.98 Å². The summed E-state index contributed by atoms with van der Waals surface area (Å²) in [5, 5.41) is 5.02. The third kappa shape index (κ3) is 3.72. The van der Waals surface area contributed by atoms with E-state index < -0.39 is 0 Å². The SMILES string of the molecule is CC(C)c1ccc(NC(=O)c2cnc(N3CCCCC3)c3ccccc23)cc1. The number of pyridine rings is 1. The summed E-state index contributed by atoms with van der Waals surface area (Å²) in [5.74, 6) is 1.35. The van der Waals surface area contributed by atoms with Crippen LogP contribution in [0.4, 0.5) is 11.5 Å². The van der Waals surface area contributed by atoms with E-state index in [0.717, 1.165) is 35.4 Å². The van der Waals surface area contributed by atoms with Crippen LogP contribution in [-0.2, 0) is 0 Å². The lowest BCUT2D eigenvalue weighted by Gasteiger charge is -2.29. The zero-order valence-electron chi connectivity index (χ0n) is 16.6. The third-order valence-electron chi connectivity index (χ3n) is 5.51. The van der Waals surface area contributed by atoms with E-state index in [1.165, 1.54) is 24.8 Å². The highest BCUT2D eigenvalue weighted by molar-refractivity contribution is 6.14. The van der Waals surface area contributed by atoms with Crippen molar-refractivity contribution in [3.63, 3.8) is 0 Å². The highest BCUT2D eigenvalue weighted by atomic mass is 16.1. The number of rotatable bonds is 4. The van der Waals surface area contributed by atoms with Crippen molar-refractivity contribution in [1.82, 2.24) is 4.98 Å². The molecule has 0 saturated carbocycles. The highest BCUT2D eigenvalue weighted by Gasteiger charge is 2.18. The van der Waals surface area contributed by atoms with E-state index in [4.69, 9.17) is 4.98 Å². The van der Waals surface area contributed by atoms with Crippen LogP contribution in [0.15, 0.2) is 54.7 Å². The summed E-state index contributed by atoms with van der Waals surface area (Å²) in [6.45, 7) is 6.39. The van der Waals surface area contributed by atoms with Crippen molar-refractivity contribution in [2.45, 2.75) is 39.0 Å². The van der Waals surface area contributed by atoms with Crippen LogP contribution in [0.5, 0.6) is 0 Å². The number of aromatic nitrogens is 1. The van der Waals surface area contributed by atoms with Crippen molar-refractivity contribution in [2.24, 2.45) is 0 Å². The molecular formula is C24H27N3O. The summed E-state index contributed by atoms with van der Waals surface area (Å²) in [4.78, 5) is 20.0. The molecule has 28 heavy (non-hydrogen) atoms. The molecule has 2 heterocycles. The van der Waals surface area contributed by atoms with E-state index in [2.05, 4.69) is 42.3 Å². The maximum Gasteiger partial charge on any atom is 0.257 e. The Kier molecular flexibility index (Phi) is 5.29. The minimum absolute atomic E-state index is 0.119. The van der Waals surface area contributed by atoms with E-state index in [9.17, 15) is 4.79 Å². The Hall–Kier alpha value is -2.88. The third-order valence-corrected chi connectivity index (χ3v) is 5.51. The van der Waals surface area contributed by atoms with Crippen LogP contribution in [0, 0.1) is 0 Å². The maximum atomic E-state index is 13.0. The minimum Gasteiger partial charge on any atom is -0.356 e. The molecule has 144 valence electrons. The zero-order chi connectivity index (χ0) is 19.5. The molecule has 0 spiro atoms. The number of nitrogens with one attached hydrogen (secondary N) is 1. The molecule has 1 saturated heterocycles. The molecule has 0 bridgehead atoms. The molecule has 4 nitrogen and oxygen atoms in total. The first-order chi connectivity index (χ1) is 13.6. The second-order valence-electron chi connectivity index (χ2n) is 7.82. The number of amides is 1. The summed E-state index contributed by atoms with van der Waals surface area (Å²) in [7, 11) is 0. The van der Waals surface area contributed by atoms with Crippen molar-refractivity contribution < 1.29 is 4.79 Å². The first kappa shape index (κ1) is 18.5. The number of hydrogen-bond acceptors (Lipinski definition) is 3. The van der Waals surface area contributed by atoms with Crippen LogP contribution in [0.3, 0.4) is 0 Å². The lowest BCUT2D eigenvalue weighted by molar-refractivity contribution is 0.102. The molecular weight excluding hydrogens is 346 g/mol. The molecule has 1 aromatic heterocycles. The molecule has 1 amide bonds. The average molecular weight is 374 g/mol. The molecule has 0 aliphatic carbocycles. The van der Waals surface area contributed by atoms with Crippen molar-refractivity contribution in [3.05, 3.63) is 65.9 Å². The highest BCUT2D eigenvalue weighted by Crippen LogP contribution is 2.29. The predicted octanol–water partition coefficient (Wildman–Crippen LogP) is 5.60. The van der Waals surface area contributed by atoms with Crippen LogP contribution in [0.25, 0.3) is 10.8 Å². The number of carbonyl (C=O) groups excluding carboxylic acids is 1. The number of nitrogens with zero attached hydrogens (tertiary/aromatic N) is 2. The van der Waals surface area contributed by atoms with Crippen molar-refractivity contribution >= 4 is 28.2 Å². The molecule has 1 N–H and O–H groups in total. The number of benzene rings is 2. The normalized spacial score (nSPS) is 14.5. The van der Waals surface area contributed by atoms with Crippen LogP contribution in [0.2, 0.25) is 0 Å². The Morgan fingerprint density at radius 2 is 1.64 bits per heavy atom. The van der Waals surface area contributed by atoms with Gasteiger partial charge in [0.15, 0.2) is 0 Å². The Morgan fingerprint density at radius 1 is 0.964 bits per heavy atom. The molecule has 3 aromatic rings. The Labute approximate surface area is 166 Å². The van der Waals surface area contributed by atoms with Gasteiger partial charge in [-0.05, 0) is 48.3 Å². The van der Waals surface area contributed by atoms with Gasteiger partial charge in [-0.1, -0.05) is 50.2 Å². The average Bonchev–Trinajstić information content (AvgIpc) is 2.74. The van der Waals surface area contributed by atoms with Gasteiger partial charge in [0.05, 0.1) is 5.56 Å². The lowest BCUT2D eigenvalue weighted by atomic mass is 10.0. The topological polar surface area (TPSA) is 45.2 Å². The minimum atomic E-state index is -0.119. The maximum absolute atomic E-state index is 13.0. The molecule has 0 unspecified atom stereocenters. The summed E-state index contributed by atoms with van der Waals surface area (Å²) in [5.41, 5.74) is 2.68. The Morgan fingerprint density at radius 3 is 2.32 bits per heavy atom. The molecule has 1 fully saturated rings. The van der Waals surface area contributed by atoms with Gasteiger partial charge in [-0.15, -0.1) is 0 Å². The monoisotopic (exact) mass is 373 g/mol. The van der Waals surface area contributed by atoms with Gasteiger partial charge in [-0.2, -0.15) is 0 Å². The Balaban J connectivity index is 1.64. The second-order valence-corrected chi connectivity index (χ2v) is 7.82. The van der Waals surface area contributed by atoms with Crippen molar-refractivity contribution in [3.8, 4) is 0 Å². The fourth-order valence-corrected chi connectivity index (χ4v) is 3.87. The molecule has 2 aromatic carbocycles. The summed E-state index contributed by atoms with van der Waals surface area (Å²) < 4.78 is 0. The van der Waals surface area contributed by atoms with Crippen LogP contribution in [0.1, 0.15) is 54.9 Å². The lowest BCUT2D eigenvalue weighted by Crippen LogP contribution is -2.30. The second kappa shape index (κ2) is 8.01. The molecule has 4 rings (SSSR count). The fourth-order valence-electron chi connectivity index (χ4n) is 3.87. The van der Waals surface area contributed by atoms with Gasteiger partial charge < -0.3 is 10.2 Å². The number of hydrogen-bond donors (Lipinski definition) is 1. The largest absolute Gasteiger partial charge is 0.356 e. The molecule has 1 aliphatic heterocycles. The van der Waals surface area contributed by atoms with E-state index in [1.54, 1.807) is 6.20 Å². The smallest absolute Gasteiger partial charge is 0.257 e. The number of piperidine rings is 1. The standard InChI is InChI=1S/C24H27N3O/c1-17(2)18-10-12-19(13-11-18)26-24(28)22-16-25-23(27-14-6-3-7-15-27)21-9-5-4-8-20(21)22/h4-5,8-13,16-17H,3,6-7,14-15H2,1-2H3,(H,26,28). The number of carbonyl (C=O) groups is 1. The molecule has 4 heteroatoms. The molecule has 1 aliphatic rings. The van der Waals surface area contributed by atoms with Crippen molar-refractivity contribution in [2.75, 3.05) is 23.3 Å². The van der Waals surface area contributed by atoms with E-state index in [-0.39, 0.29) is 5.91 Å². The Bertz CT molecular complexity index is 973. The van der Waals surface area contributed by atoms with Gasteiger partial charge in [0.1, 0.15) is 5.82 Å². The summed E-state index contributed by atoms with van der Waals surface area (Å²) >= 11 is 0. The van der Waals surface area contributed by atoms with Crippen LogP contribution < -0.4 is 10.2 Å². The fraction of sp³-hybridized carbons (Fsp3) is 0.333. The van der Waals surface area contributed by atoms with E-state index in [0.29, 0.717) is 11.5 Å². The van der Waals surface area contributed by atoms with Gasteiger partial charge in [0.2, 0.25) is 0 Å². The summed E-state index contributed by atoms with van der Waals surface area (Å²) in [6.07, 6.45) is 5.41. The molecule has 0 atom stereocenters. The molecule has 0 radical (unpaired) electrons. The van der Waals surface area contributed by atoms with Gasteiger partial charge >= 0.3 is 0 Å². The first-order valence-electron chi connectivity index (χ1n) is 10.2.